The highest BCUT2D eigenvalue weighted by atomic mass is 35.5. The van der Waals surface area contributed by atoms with Crippen molar-refractivity contribution in [3.63, 3.8) is 0 Å². The number of hydrogen-bond acceptors (Lipinski definition) is 3. The Labute approximate surface area is 195 Å². The molecule has 1 unspecified atom stereocenters. The summed E-state index contributed by atoms with van der Waals surface area (Å²) in [5.41, 5.74) is 2.65. The minimum atomic E-state index is -4.01. The van der Waals surface area contributed by atoms with Crippen LogP contribution in [0.4, 0.5) is 0 Å². The van der Waals surface area contributed by atoms with Gasteiger partial charge in [-0.15, -0.1) is 4.40 Å². The lowest BCUT2D eigenvalue weighted by molar-refractivity contribution is 0.483. The largest absolute Gasteiger partial charge is 0.285 e. The fourth-order valence-corrected chi connectivity index (χ4v) is 4.76. The third-order valence-corrected chi connectivity index (χ3v) is 6.94. The minimum Gasteiger partial charge on any atom is -0.236 e. The van der Waals surface area contributed by atoms with E-state index in [9.17, 15) is 8.42 Å². The Morgan fingerprint density at radius 2 is 1.48 bits per heavy atom. The van der Waals surface area contributed by atoms with Crippen LogP contribution in [0.15, 0.2) is 93.3 Å². The number of rotatable bonds is 4. The Morgan fingerprint density at radius 3 is 2.10 bits per heavy atom. The average Bonchev–Trinajstić information content (AvgIpc) is 3.21. The van der Waals surface area contributed by atoms with Crippen LogP contribution in [0.1, 0.15) is 17.0 Å². The van der Waals surface area contributed by atoms with Gasteiger partial charge in [0.25, 0.3) is 10.0 Å². The smallest absolute Gasteiger partial charge is 0.236 e. The Bertz CT molecular complexity index is 1240. The van der Waals surface area contributed by atoms with E-state index in [2.05, 4.69) is 9.50 Å². The maximum atomic E-state index is 12.6. The molecule has 0 radical (unpaired) electrons. The topological polar surface area (TPSA) is 62.1 Å². The zero-order valence-electron chi connectivity index (χ0n) is 16.0. The van der Waals surface area contributed by atoms with Gasteiger partial charge < -0.3 is 0 Å². The first-order valence-corrected chi connectivity index (χ1v) is 11.8. The molecule has 3 aromatic carbocycles. The van der Waals surface area contributed by atoms with E-state index in [-0.39, 0.29) is 16.1 Å². The Kier molecular flexibility index (Phi) is 6.34. The highest BCUT2D eigenvalue weighted by molar-refractivity contribution is 7.90. The number of benzene rings is 3. The summed E-state index contributed by atoms with van der Waals surface area (Å²) in [6.45, 7) is 0.348. The van der Waals surface area contributed by atoms with Crippen LogP contribution in [0.2, 0.25) is 10.0 Å². The molecule has 0 aromatic heterocycles. The predicted molar refractivity (Wildman–Crippen MR) is 126 cm³/mol. The van der Waals surface area contributed by atoms with Gasteiger partial charge in [-0.2, -0.15) is 13.5 Å². The Morgan fingerprint density at radius 1 is 0.903 bits per heavy atom. The van der Waals surface area contributed by atoms with Gasteiger partial charge in [-0.3, -0.25) is 0 Å². The molecule has 1 heterocycles. The third kappa shape index (κ3) is 4.93. The Hall–Kier alpha value is -2.38. The van der Waals surface area contributed by atoms with Crippen LogP contribution < -0.4 is 0 Å². The molecule has 0 saturated heterocycles. The van der Waals surface area contributed by atoms with Crippen molar-refractivity contribution < 1.29 is 8.42 Å². The van der Waals surface area contributed by atoms with Crippen LogP contribution in [-0.4, -0.2) is 31.0 Å². The van der Waals surface area contributed by atoms with E-state index in [1.165, 1.54) is 29.3 Å². The highest BCUT2D eigenvalue weighted by Gasteiger charge is 2.31. The van der Waals surface area contributed by atoms with E-state index in [1.54, 1.807) is 12.1 Å². The molecule has 0 fully saturated rings. The van der Waals surface area contributed by atoms with Gasteiger partial charge in [-0.25, -0.2) is 5.01 Å². The molecule has 4 rings (SSSR count). The van der Waals surface area contributed by atoms with Gasteiger partial charge in [-0.1, -0.05) is 65.7 Å². The Balaban J connectivity index is 1.70. The molecule has 1 aliphatic heterocycles. The molecule has 0 N–H and O–H groups in total. The summed E-state index contributed by atoms with van der Waals surface area (Å²) in [5, 5.41) is 6.80. The molecular formula is C22H16Cl3N3O2S. The molecular weight excluding hydrogens is 477 g/mol. The quantitative estimate of drug-likeness (QED) is 0.263. The lowest BCUT2D eigenvalue weighted by Crippen LogP contribution is -2.23. The summed E-state index contributed by atoms with van der Waals surface area (Å²) in [5.74, 6) is -0.121. The fourth-order valence-electron chi connectivity index (χ4n) is 3.25. The van der Waals surface area contributed by atoms with Gasteiger partial charge in [0.2, 0.25) is 5.29 Å². The van der Waals surface area contributed by atoms with Crippen LogP contribution in [0.3, 0.4) is 0 Å². The zero-order chi connectivity index (χ0) is 22.0. The van der Waals surface area contributed by atoms with Crippen molar-refractivity contribution in [1.82, 2.24) is 5.01 Å². The van der Waals surface area contributed by atoms with Gasteiger partial charge in [-0.05, 0) is 59.1 Å². The molecule has 0 amide bonds. The van der Waals surface area contributed by atoms with Gasteiger partial charge in [0, 0.05) is 16.0 Å². The first-order valence-electron chi connectivity index (χ1n) is 9.26. The second-order valence-corrected chi connectivity index (χ2v) is 9.64. The molecule has 1 aliphatic rings. The van der Waals surface area contributed by atoms with E-state index in [4.69, 9.17) is 34.8 Å². The minimum absolute atomic E-state index is 0.00393. The van der Waals surface area contributed by atoms with E-state index in [0.29, 0.717) is 16.6 Å². The van der Waals surface area contributed by atoms with Gasteiger partial charge in [0.05, 0.1) is 17.2 Å². The molecule has 0 saturated carbocycles. The fraction of sp³-hybridized carbons (Fsp3) is 0.0909. The lowest BCUT2D eigenvalue weighted by atomic mass is 9.91. The van der Waals surface area contributed by atoms with Crippen molar-refractivity contribution in [3.05, 3.63) is 100 Å². The van der Waals surface area contributed by atoms with Crippen molar-refractivity contribution in [2.45, 2.75) is 10.8 Å². The monoisotopic (exact) mass is 491 g/mol. The third-order valence-electron chi connectivity index (χ3n) is 4.78. The van der Waals surface area contributed by atoms with Crippen molar-refractivity contribution >= 4 is 55.8 Å². The summed E-state index contributed by atoms with van der Waals surface area (Å²) in [6.07, 6.45) is 0. The maximum Gasteiger partial charge on any atom is 0.285 e. The molecule has 5 nitrogen and oxygen atoms in total. The van der Waals surface area contributed by atoms with Crippen molar-refractivity contribution in [2.75, 3.05) is 6.54 Å². The second kappa shape index (κ2) is 9.01. The van der Waals surface area contributed by atoms with Crippen LogP contribution in [0.25, 0.3) is 0 Å². The van der Waals surface area contributed by atoms with E-state index >= 15 is 0 Å². The summed E-state index contributed by atoms with van der Waals surface area (Å²) < 4.78 is 29.1. The van der Waals surface area contributed by atoms with Gasteiger partial charge >= 0.3 is 0 Å². The van der Waals surface area contributed by atoms with E-state index < -0.39 is 10.0 Å². The zero-order valence-corrected chi connectivity index (χ0v) is 19.1. The predicted octanol–water partition coefficient (Wildman–Crippen LogP) is 5.78. The van der Waals surface area contributed by atoms with Gasteiger partial charge in [0.1, 0.15) is 0 Å². The lowest BCUT2D eigenvalue weighted by Gasteiger charge is -2.15. The van der Waals surface area contributed by atoms with Crippen molar-refractivity contribution in [2.24, 2.45) is 9.50 Å². The number of hydrazone groups is 1. The molecule has 3 aromatic rings. The normalized spacial score (nSPS) is 17.0. The average molecular weight is 493 g/mol. The highest BCUT2D eigenvalue weighted by Crippen LogP contribution is 2.30. The SMILES string of the molecule is O=S(=O)(/N=C(\Cl)N1CC(c2ccccc2)C(c2ccc(Cl)cc2)=N1)c1ccc(Cl)cc1. The molecule has 9 heteroatoms. The van der Waals surface area contributed by atoms with Crippen LogP contribution in [0.5, 0.6) is 0 Å². The number of amidine groups is 1. The molecule has 31 heavy (non-hydrogen) atoms. The molecule has 158 valence electrons. The molecule has 0 spiro atoms. The van der Waals surface area contributed by atoms with Crippen LogP contribution in [-0.2, 0) is 10.0 Å². The molecule has 0 aliphatic carbocycles. The van der Waals surface area contributed by atoms with Gasteiger partial charge in [0.15, 0.2) is 0 Å². The maximum absolute atomic E-state index is 12.6. The first-order chi connectivity index (χ1) is 14.8. The van der Waals surface area contributed by atoms with Crippen molar-refractivity contribution in [3.8, 4) is 0 Å². The van der Waals surface area contributed by atoms with Crippen LogP contribution in [0, 0.1) is 0 Å². The standard InChI is InChI=1S/C22H16Cl3N3O2S/c23-17-8-6-16(7-9-17)21-20(15-4-2-1-3-5-15)14-28(26-21)22(25)27-31(29,30)19-12-10-18(24)11-13-19/h1-13,20H,14H2/b27-22+. The number of sulfonamides is 1. The number of hydrogen-bond donors (Lipinski definition) is 0. The summed E-state index contributed by atoms with van der Waals surface area (Å²) in [6, 6.07) is 22.8. The van der Waals surface area contributed by atoms with E-state index in [1.807, 2.05) is 42.5 Å². The molecule has 1 atom stereocenters. The summed E-state index contributed by atoms with van der Waals surface area (Å²) in [7, 11) is -4.01. The van der Waals surface area contributed by atoms with E-state index in [0.717, 1.165) is 16.8 Å². The number of nitrogens with zero attached hydrogens (tertiary/aromatic N) is 3. The molecule has 0 bridgehead atoms. The van der Waals surface area contributed by atoms with Crippen molar-refractivity contribution in [1.29, 1.82) is 0 Å². The first kappa shape index (κ1) is 21.8. The van der Waals surface area contributed by atoms with Crippen LogP contribution >= 0.6 is 34.8 Å². The number of halogens is 3. The summed E-state index contributed by atoms with van der Waals surface area (Å²) in [4.78, 5) is -0.00393. The second-order valence-electron chi connectivity index (χ2n) is 6.83. The summed E-state index contributed by atoms with van der Waals surface area (Å²) >= 11 is 18.2.